The van der Waals surface area contributed by atoms with Gasteiger partial charge >= 0.3 is 0 Å². The van der Waals surface area contributed by atoms with E-state index in [4.69, 9.17) is 4.74 Å². The number of ether oxygens (including phenoxy) is 1. The molecule has 0 amide bonds. The molecule has 1 heteroatoms. The minimum atomic E-state index is 0.423. The summed E-state index contributed by atoms with van der Waals surface area (Å²) in [6, 6.07) is 0. The van der Waals surface area contributed by atoms with E-state index < -0.39 is 0 Å². The van der Waals surface area contributed by atoms with Crippen LogP contribution in [-0.2, 0) is 4.74 Å². The molecule has 0 unspecified atom stereocenters. The third kappa shape index (κ3) is 1.70. The van der Waals surface area contributed by atoms with Gasteiger partial charge in [0.1, 0.15) is 6.10 Å². The van der Waals surface area contributed by atoms with Crippen molar-refractivity contribution >= 4 is 0 Å². The number of allylic oxidation sites excluding steroid dienone is 2. The molecule has 3 aliphatic rings. The van der Waals surface area contributed by atoms with Crippen molar-refractivity contribution in [3.8, 4) is 0 Å². The van der Waals surface area contributed by atoms with Crippen LogP contribution in [0.1, 0.15) is 40.5 Å². The fourth-order valence-electron chi connectivity index (χ4n) is 3.52. The van der Waals surface area contributed by atoms with E-state index in [0.717, 1.165) is 17.4 Å². The summed E-state index contributed by atoms with van der Waals surface area (Å²) in [5, 5.41) is 0. The van der Waals surface area contributed by atoms with Crippen molar-refractivity contribution in [2.75, 3.05) is 0 Å². The lowest BCUT2D eigenvalue weighted by molar-refractivity contribution is -0.156. The summed E-state index contributed by atoms with van der Waals surface area (Å²) in [4.78, 5) is 0. The fraction of sp³-hybridized carbons (Fsp3) is 0.733. The van der Waals surface area contributed by atoms with Crippen LogP contribution in [-0.4, -0.2) is 6.10 Å². The van der Waals surface area contributed by atoms with Crippen molar-refractivity contribution in [1.82, 2.24) is 0 Å². The van der Waals surface area contributed by atoms with Crippen molar-refractivity contribution in [1.29, 1.82) is 0 Å². The minimum absolute atomic E-state index is 0.423. The second kappa shape index (κ2) is 3.94. The van der Waals surface area contributed by atoms with Crippen LogP contribution in [0.2, 0.25) is 0 Å². The highest BCUT2D eigenvalue weighted by Gasteiger charge is 2.56. The van der Waals surface area contributed by atoms with E-state index in [1.165, 1.54) is 12.8 Å². The lowest BCUT2D eigenvalue weighted by Gasteiger charge is -2.61. The largest absolute Gasteiger partial charge is 0.497 e. The third-order valence-corrected chi connectivity index (χ3v) is 5.03. The summed E-state index contributed by atoms with van der Waals surface area (Å²) in [5.41, 5.74) is 1.67. The number of hydrogen-bond acceptors (Lipinski definition) is 1. The molecule has 3 rings (SSSR count). The Morgan fingerprint density at radius 2 is 2.06 bits per heavy atom. The Balaban J connectivity index is 1.98. The van der Waals surface area contributed by atoms with E-state index >= 15 is 0 Å². The molecule has 0 heterocycles. The van der Waals surface area contributed by atoms with Gasteiger partial charge in [0.15, 0.2) is 0 Å². The van der Waals surface area contributed by atoms with Gasteiger partial charge in [-0.2, -0.15) is 0 Å². The monoisotopic (exact) mass is 220 g/mol. The second-order valence-corrected chi connectivity index (χ2v) is 6.20. The molecule has 0 saturated heterocycles. The number of rotatable bonds is 3. The molecule has 0 N–H and O–H groups in total. The molecule has 3 fully saturated rings. The van der Waals surface area contributed by atoms with Crippen LogP contribution >= 0.6 is 0 Å². The van der Waals surface area contributed by atoms with Crippen LogP contribution in [0.3, 0.4) is 0 Å². The topological polar surface area (TPSA) is 9.23 Å². The Labute approximate surface area is 99.6 Å². The van der Waals surface area contributed by atoms with Crippen molar-refractivity contribution in [2.24, 2.45) is 23.2 Å². The first kappa shape index (κ1) is 11.8. The molecule has 16 heavy (non-hydrogen) atoms. The first-order chi connectivity index (χ1) is 7.46. The van der Waals surface area contributed by atoms with Crippen LogP contribution in [0, 0.1) is 23.2 Å². The van der Waals surface area contributed by atoms with Gasteiger partial charge in [-0.25, -0.2) is 0 Å². The molecule has 90 valence electrons. The van der Waals surface area contributed by atoms with Gasteiger partial charge in [-0.05, 0) is 48.5 Å². The average Bonchev–Trinajstić information content (AvgIpc) is 2.26. The van der Waals surface area contributed by atoms with E-state index in [1.807, 2.05) is 19.3 Å². The number of hydrogen-bond donors (Lipinski definition) is 0. The Kier molecular flexibility index (Phi) is 2.90. The van der Waals surface area contributed by atoms with Gasteiger partial charge in [0.25, 0.3) is 0 Å². The quantitative estimate of drug-likeness (QED) is 0.512. The summed E-state index contributed by atoms with van der Waals surface area (Å²) in [7, 11) is 0. The van der Waals surface area contributed by atoms with Gasteiger partial charge in [0.05, 0.1) is 6.26 Å². The van der Waals surface area contributed by atoms with Crippen LogP contribution in [0.5, 0.6) is 0 Å². The molecular weight excluding hydrogens is 196 g/mol. The second-order valence-electron chi connectivity index (χ2n) is 6.20. The smallest absolute Gasteiger partial charge is 0.101 e. The molecule has 1 nitrogen and oxygen atoms in total. The summed E-state index contributed by atoms with van der Waals surface area (Å²) >= 11 is 0. The van der Waals surface area contributed by atoms with Gasteiger partial charge in [-0.3, -0.25) is 0 Å². The summed E-state index contributed by atoms with van der Waals surface area (Å²) in [6.07, 6.45) is 6.79. The fourth-order valence-corrected chi connectivity index (χ4v) is 3.52. The minimum Gasteiger partial charge on any atom is -0.497 e. The maximum Gasteiger partial charge on any atom is 0.101 e. The Hall–Kier alpha value is -0.720. The zero-order valence-electron chi connectivity index (χ0n) is 11.0. The maximum absolute atomic E-state index is 5.91. The maximum atomic E-state index is 5.91. The molecule has 3 aliphatic carbocycles. The first-order valence-corrected chi connectivity index (χ1v) is 6.41. The average molecular weight is 220 g/mol. The predicted molar refractivity (Wildman–Crippen MR) is 68.0 cm³/mol. The molecule has 0 spiro atoms. The standard InChI is InChI=1S/C15H24O/c1-6-10(2)9-16-14-8-12-7-13(11(14)3)15(12,4)5/h6,9,11-14H,1,7-8H2,2-5H3/b10-9+/t11-,12+,13-,14+/m1/s1. The molecule has 0 aliphatic heterocycles. The molecular formula is C15H24O. The van der Waals surface area contributed by atoms with E-state index in [0.29, 0.717) is 17.4 Å². The highest BCUT2D eigenvalue weighted by molar-refractivity contribution is 5.11. The van der Waals surface area contributed by atoms with Gasteiger partial charge in [0.2, 0.25) is 0 Å². The predicted octanol–water partition coefficient (Wildman–Crippen LogP) is 4.16. The van der Waals surface area contributed by atoms with E-state index in [2.05, 4.69) is 27.4 Å². The highest BCUT2D eigenvalue weighted by atomic mass is 16.5. The molecule has 2 bridgehead atoms. The third-order valence-electron chi connectivity index (χ3n) is 5.03. The summed E-state index contributed by atoms with van der Waals surface area (Å²) in [6.45, 7) is 13.0. The molecule has 0 aromatic rings. The Morgan fingerprint density at radius 1 is 1.38 bits per heavy atom. The lowest BCUT2D eigenvalue weighted by atomic mass is 9.45. The Morgan fingerprint density at radius 3 is 2.56 bits per heavy atom. The van der Waals surface area contributed by atoms with E-state index in [1.54, 1.807) is 0 Å². The van der Waals surface area contributed by atoms with Gasteiger partial charge in [-0.15, -0.1) is 0 Å². The summed E-state index contributed by atoms with van der Waals surface area (Å²) < 4.78 is 5.91. The molecule has 3 saturated carbocycles. The summed E-state index contributed by atoms with van der Waals surface area (Å²) in [5.74, 6) is 2.42. The van der Waals surface area contributed by atoms with Gasteiger partial charge < -0.3 is 4.74 Å². The number of fused-ring (bicyclic) bond motifs is 2. The normalized spacial score (nSPS) is 41.1. The van der Waals surface area contributed by atoms with E-state index in [-0.39, 0.29) is 0 Å². The van der Waals surface area contributed by atoms with Crippen LogP contribution < -0.4 is 0 Å². The van der Waals surface area contributed by atoms with Crippen molar-refractivity contribution in [2.45, 2.75) is 46.6 Å². The lowest BCUT2D eigenvalue weighted by Crippen LogP contribution is -2.56. The van der Waals surface area contributed by atoms with Crippen molar-refractivity contribution < 1.29 is 4.74 Å². The van der Waals surface area contributed by atoms with Gasteiger partial charge in [-0.1, -0.05) is 33.4 Å². The van der Waals surface area contributed by atoms with Crippen LogP contribution in [0.25, 0.3) is 0 Å². The van der Waals surface area contributed by atoms with Crippen LogP contribution in [0.4, 0.5) is 0 Å². The molecule has 0 aromatic heterocycles. The molecule has 0 radical (unpaired) electrons. The Bertz CT molecular complexity index is 313. The van der Waals surface area contributed by atoms with Crippen molar-refractivity contribution in [3.05, 3.63) is 24.5 Å². The molecule has 0 aromatic carbocycles. The zero-order valence-corrected chi connectivity index (χ0v) is 11.0. The molecule has 4 atom stereocenters. The highest BCUT2D eigenvalue weighted by Crippen LogP contribution is 2.61. The van der Waals surface area contributed by atoms with Crippen molar-refractivity contribution in [3.63, 3.8) is 0 Å². The first-order valence-electron chi connectivity index (χ1n) is 6.41. The van der Waals surface area contributed by atoms with Gasteiger partial charge in [0, 0.05) is 0 Å². The SMILES string of the molecule is C=C/C(C)=C/O[C@H]1C[C@@H]2C[C@H]([C@H]1C)C2(C)C. The van der Waals surface area contributed by atoms with Crippen LogP contribution in [0.15, 0.2) is 24.5 Å². The zero-order chi connectivity index (χ0) is 11.9. The van der Waals surface area contributed by atoms with E-state index in [9.17, 15) is 0 Å².